The number of ether oxygens (including phenoxy) is 1. The Kier molecular flexibility index (Phi) is 2.71. The number of aromatic amines is 1. The number of nitrogens with one attached hydrogen (secondary N) is 2. The van der Waals surface area contributed by atoms with Crippen molar-refractivity contribution in [3.8, 4) is 5.75 Å². The third kappa shape index (κ3) is 1.96. The van der Waals surface area contributed by atoms with Gasteiger partial charge < -0.3 is 15.0 Å². The van der Waals surface area contributed by atoms with E-state index in [4.69, 9.17) is 4.74 Å². The van der Waals surface area contributed by atoms with Gasteiger partial charge in [0.25, 0.3) is 0 Å². The van der Waals surface area contributed by atoms with Crippen molar-refractivity contribution in [3.05, 3.63) is 65.9 Å². The quantitative estimate of drug-likeness (QED) is 0.761. The standard InChI is InChI=1S/C17H16N2O/c1-2-4-17-14(3-1)16(11-20-17)19-10-12-5-6-13-7-8-18-15(13)9-12/h1-9,16,18-19H,10-11H2. The Morgan fingerprint density at radius 3 is 3.10 bits per heavy atom. The summed E-state index contributed by atoms with van der Waals surface area (Å²) in [5.41, 5.74) is 3.73. The molecule has 1 atom stereocenters. The van der Waals surface area contributed by atoms with E-state index in [1.165, 1.54) is 22.0 Å². The number of H-pyrrole nitrogens is 1. The van der Waals surface area contributed by atoms with Crippen molar-refractivity contribution in [2.45, 2.75) is 12.6 Å². The van der Waals surface area contributed by atoms with Gasteiger partial charge in [-0.15, -0.1) is 0 Å². The van der Waals surface area contributed by atoms with Crippen LogP contribution in [-0.2, 0) is 6.54 Å². The van der Waals surface area contributed by atoms with Gasteiger partial charge in [0.05, 0.1) is 6.04 Å². The molecular weight excluding hydrogens is 248 g/mol. The second-order valence-electron chi connectivity index (χ2n) is 5.18. The number of aromatic nitrogens is 1. The second kappa shape index (κ2) is 4.69. The third-order valence-electron chi connectivity index (χ3n) is 3.87. The van der Waals surface area contributed by atoms with Crippen LogP contribution in [-0.4, -0.2) is 11.6 Å². The minimum Gasteiger partial charge on any atom is -0.491 e. The maximum absolute atomic E-state index is 5.69. The minimum atomic E-state index is 0.283. The van der Waals surface area contributed by atoms with Gasteiger partial charge in [-0.05, 0) is 29.1 Å². The maximum Gasteiger partial charge on any atom is 0.124 e. The maximum atomic E-state index is 5.69. The van der Waals surface area contributed by atoms with E-state index in [0.717, 1.165) is 12.3 Å². The first kappa shape index (κ1) is 11.6. The summed E-state index contributed by atoms with van der Waals surface area (Å²) in [7, 11) is 0. The molecule has 2 N–H and O–H groups in total. The third-order valence-corrected chi connectivity index (χ3v) is 3.87. The van der Waals surface area contributed by atoms with E-state index in [-0.39, 0.29) is 6.04 Å². The lowest BCUT2D eigenvalue weighted by molar-refractivity contribution is 0.310. The van der Waals surface area contributed by atoms with Crippen LogP contribution in [0.15, 0.2) is 54.7 Å². The molecule has 100 valence electrons. The van der Waals surface area contributed by atoms with E-state index in [2.05, 4.69) is 46.7 Å². The molecule has 1 aliphatic heterocycles. The fourth-order valence-electron chi connectivity index (χ4n) is 2.78. The fourth-order valence-corrected chi connectivity index (χ4v) is 2.78. The van der Waals surface area contributed by atoms with Crippen molar-refractivity contribution < 1.29 is 4.74 Å². The van der Waals surface area contributed by atoms with Crippen LogP contribution in [0.4, 0.5) is 0 Å². The first-order chi connectivity index (χ1) is 9.90. The second-order valence-corrected chi connectivity index (χ2v) is 5.18. The summed E-state index contributed by atoms with van der Waals surface area (Å²) in [5.74, 6) is 1.00. The molecule has 0 spiro atoms. The summed E-state index contributed by atoms with van der Waals surface area (Å²) in [6.45, 7) is 1.56. The smallest absolute Gasteiger partial charge is 0.124 e. The normalized spacial score (nSPS) is 17.1. The molecule has 20 heavy (non-hydrogen) atoms. The molecule has 0 saturated heterocycles. The molecule has 2 heterocycles. The summed E-state index contributed by atoms with van der Waals surface area (Å²) >= 11 is 0. The average molecular weight is 264 g/mol. The molecule has 4 rings (SSSR count). The zero-order valence-corrected chi connectivity index (χ0v) is 11.1. The first-order valence-corrected chi connectivity index (χ1v) is 6.91. The van der Waals surface area contributed by atoms with Crippen molar-refractivity contribution in [3.63, 3.8) is 0 Å². The van der Waals surface area contributed by atoms with Gasteiger partial charge in [0, 0.05) is 23.8 Å². The highest BCUT2D eigenvalue weighted by molar-refractivity contribution is 5.79. The van der Waals surface area contributed by atoms with E-state index < -0.39 is 0 Å². The number of hydrogen-bond acceptors (Lipinski definition) is 2. The van der Waals surface area contributed by atoms with Gasteiger partial charge in [-0.3, -0.25) is 0 Å². The molecule has 3 heteroatoms. The Hall–Kier alpha value is -2.26. The van der Waals surface area contributed by atoms with Crippen LogP contribution in [0.2, 0.25) is 0 Å². The molecule has 1 aliphatic rings. The molecule has 0 bridgehead atoms. The van der Waals surface area contributed by atoms with Crippen LogP contribution in [0.25, 0.3) is 10.9 Å². The number of benzene rings is 2. The van der Waals surface area contributed by atoms with Crippen LogP contribution in [0.5, 0.6) is 5.75 Å². The number of fused-ring (bicyclic) bond motifs is 2. The zero-order valence-electron chi connectivity index (χ0n) is 11.1. The summed E-state index contributed by atoms with van der Waals surface area (Å²) in [6, 6.07) is 17.1. The molecule has 1 aromatic heterocycles. The van der Waals surface area contributed by atoms with Crippen molar-refractivity contribution in [2.24, 2.45) is 0 Å². The molecule has 0 radical (unpaired) electrons. The van der Waals surface area contributed by atoms with Gasteiger partial charge in [0.1, 0.15) is 12.4 Å². The first-order valence-electron chi connectivity index (χ1n) is 6.91. The summed E-state index contributed by atoms with van der Waals surface area (Å²) in [4.78, 5) is 3.25. The molecule has 2 aromatic carbocycles. The summed E-state index contributed by atoms with van der Waals surface area (Å²) < 4.78 is 5.69. The Morgan fingerprint density at radius 2 is 2.10 bits per heavy atom. The molecule has 0 aliphatic carbocycles. The predicted octanol–water partition coefficient (Wildman–Crippen LogP) is 3.39. The van der Waals surface area contributed by atoms with Crippen molar-refractivity contribution in [2.75, 3.05) is 6.61 Å². The lowest BCUT2D eigenvalue weighted by Crippen LogP contribution is -2.21. The van der Waals surface area contributed by atoms with Gasteiger partial charge in [-0.2, -0.15) is 0 Å². The number of hydrogen-bond donors (Lipinski definition) is 2. The van der Waals surface area contributed by atoms with E-state index in [0.29, 0.717) is 6.61 Å². The average Bonchev–Trinajstić information content (AvgIpc) is 3.11. The molecule has 0 fully saturated rings. The van der Waals surface area contributed by atoms with Crippen LogP contribution in [0, 0.1) is 0 Å². The minimum absolute atomic E-state index is 0.283. The van der Waals surface area contributed by atoms with E-state index in [1.807, 2.05) is 18.3 Å². The van der Waals surface area contributed by atoms with Gasteiger partial charge in [-0.25, -0.2) is 0 Å². The summed E-state index contributed by atoms with van der Waals surface area (Å²) in [5, 5.41) is 4.83. The Balaban J connectivity index is 1.51. The van der Waals surface area contributed by atoms with Gasteiger partial charge in [0.2, 0.25) is 0 Å². The topological polar surface area (TPSA) is 37.0 Å². The Morgan fingerprint density at radius 1 is 1.15 bits per heavy atom. The van der Waals surface area contributed by atoms with Crippen molar-refractivity contribution in [1.29, 1.82) is 0 Å². The zero-order chi connectivity index (χ0) is 13.4. The largest absolute Gasteiger partial charge is 0.491 e. The lowest BCUT2D eigenvalue weighted by atomic mass is 10.1. The van der Waals surface area contributed by atoms with Crippen molar-refractivity contribution >= 4 is 10.9 Å². The van der Waals surface area contributed by atoms with Crippen LogP contribution in [0.1, 0.15) is 17.2 Å². The van der Waals surface area contributed by atoms with Crippen LogP contribution in [0.3, 0.4) is 0 Å². The van der Waals surface area contributed by atoms with Gasteiger partial charge >= 0.3 is 0 Å². The molecule has 0 amide bonds. The van der Waals surface area contributed by atoms with E-state index in [9.17, 15) is 0 Å². The lowest BCUT2D eigenvalue weighted by Gasteiger charge is -2.11. The molecule has 3 nitrogen and oxygen atoms in total. The molecule has 3 aromatic rings. The highest BCUT2D eigenvalue weighted by Gasteiger charge is 2.22. The van der Waals surface area contributed by atoms with Gasteiger partial charge in [0.15, 0.2) is 0 Å². The highest BCUT2D eigenvalue weighted by atomic mass is 16.5. The van der Waals surface area contributed by atoms with Crippen LogP contribution < -0.4 is 10.1 Å². The van der Waals surface area contributed by atoms with E-state index >= 15 is 0 Å². The van der Waals surface area contributed by atoms with Crippen molar-refractivity contribution in [1.82, 2.24) is 10.3 Å². The fraction of sp³-hybridized carbons (Fsp3) is 0.176. The SMILES string of the molecule is c1ccc2c(c1)OCC2NCc1ccc2cc[nH]c2c1. The number of rotatable bonds is 3. The van der Waals surface area contributed by atoms with E-state index in [1.54, 1.807) is 0 Å². The Bertz CT molecular complexity index is 747. The highest BCUT2D eigenvalue weighted by Crippen LogP contribution is 2.31. The molecule has 1 unspecified atom stereocenters. The van der Waals surface area contributed by atoms with Gasteiger partial charge in [-0.1, -0.05) is 30.3 Å². The number of para-hydroxylation sites is 1. The molecule has 0 saturated carbocycles. The Labute approximate surface area is 117 Å². The summed E-state index contributed by atoms with van der Waals surface area (Å²) in [6.07, 6.45) is 1.98. The van der Waals surface area contributed by atoms with Crippen LogP contribution >= 0.6 is 0 Å². The predicted molar refractivity (Wildman–Crippen MR) is 79.8 cm³/mol. The monoisotopic (exact) mass is 264 g/mol. The molecular formula is C17H16N2O.